The third-order valence-corrected chi connectivity index (χ3v) is 3.53. The highest BCUT2D eigenvalue weighted by atomic mass is 16.6. The second-order valence-corrected chi connectivity index (χ2v) is 5.26. The average molecular weight is 342 g/mol. The minimum atomic E-state index is -0.837. The number of rotatable bonds is 4. The van der Waals surface area contributed by atoms with Crippen LogP contribution in [0.1, 0.15) is 17.3 Å². The number of carbonyl (C=O) groups is 2. The predicted octanol–water partition coefficient (Wildman–Crippen LogP) is 1.69. The quantitative estimate of drug-likeness (QED) is 0.826. The predicted molar refractivity (Wildman–Crippen MR) is 89.6 cm³/mol. The third-order valence-electron chi connectivity index (χ3n) is 3.53. The molecular weight excluding hydrogens is 324 g/mol. The summed E-state index contributed by atoms with van der Waals surface area (Å²) in [6.45, 7) is 2.50. The Morgan fingerprint density at radius 3 is 2.52 bits per heavy atom. The third kappa shape index (κ3) is 4.00. The normalized spacial score (nSPS) is 15.2. The Labute approximate surface area is 144 Å². The number of amides is 2. The number of ether oxygens (including phenoxy) is 3. The van der Waals surface area contributed by atoms with Gasteiger partial charge in [-0.1, -0.05) is 12.1 Å². The van der Waals surface area contributed by atoms with Gasteiger partial charge in [0.2, 0.25) is 6.10 Å². The standard InChI is InChI=1S/C18H18N2O5/c1-2-23-13-9-7-12(8-10-13)17(21)19-20-18(22)16-11-24-14-5-3-4-6-15(14)25-16/h3-10,16H,2,11H2,1H3,(H,19,21)(H,20,22). The van der Waals surface area contributed by atoms with Gasteiger partial charge in [-0.25, -0.2) is 0 Å². The molecule has 1 unspecified atom stereocenters. The van der Waals surface area contributed by atoms with E-state index in [1.165, 1.54) is 0 Å². The van der Waals surface area contributed by atoms with Gasteiger partial charge in [-0.15, -0.1) is 0 Å². The SMILES string of the molecule is CCOc1ccc(C(=O)NNC(=O)C2COc3ccccc3O2)cc1. The van der Waals surface area contributed by atoms with Crippen molar-refractivity contribution in [1.82, 2.24) is 10.9 Å². The molecule has 2 aromatic rings. The van der Waals surface area contributed by atoms with E-state index < -0.39 is 17.9 Å². The van der Waals surface area contributed by atoms with Gasteiger partial charge in [-0.2, -0.15) is 0 Å². The Hall–Kier alpha value is -3.22. The smallest absolute Gasteiger partial charge is 0.283 e. The minimum absolute atomic E-state index is 0.0712. The van der Waals surface area contributed by atoms with E-state index in [-0.39, 0.29) is 6.61 Å². The van der Waals surface area contributed by atoms with E-state index >= 15 is 0 Å². The van der Waals surface area contributed by atoms with Crippen LogP contribution in [0.5, 0.6) is 17.2 Å². The summed E-state index contributed by atoms with van der Waals surface area (Å²) in [4.78, 5) is 24.2. The molecule has 1 atom stereocenters. The van der Waals surface area contributed by atoms with E-state index in [4.69, 9.17) is 14.2 Å². The van der Waals surface area contributed by atoms with Crippen molar-refractivity contribution in [3.63, 3.8) is 0 Å². The maximum absolute atomic E-state index is 12.1. The van der Waals surface area contributed by atoms with Crippen LogP contribution in [0.3, 0.4) is 0 Å². The Balaban J connectivity index is 1.53. The van der Waals surface area contributed by atoms with Gasteiger partial charge >= 0.3 is 0 Å². The van der Waals surface area contributed by atoms with E-state index in [0.29, 0.717) is 29.4 Å². The number of hydrogen-bond acceptors (Lipinski definition) is 5. The maximum Gasteiger partial charge on any atom is 0.283 e. The Kier molecular flexibility index (Phi) is 5.03. The van der Waals surface area contributed by atoms with Gasteiger partial charge in [0.1, 0.15) is 12.4 Å². The van der Waals surface area contributed by atoms with Crippen molar-refractivity contribution in [3.8, 4) is 17.2 Å². The first-order valence-electron chi connectivity index (χ1n) is 7.89. The molecule has 0 saturated heterocycles. The second kappa shape index (κ2) is 7.57. The molecule has 3 rings (SSSR count). The molecule has 0 bridgehead atoms. The molecule has 2 amide bonds. The van der Waals surface area contributed by atoms with Gasteiger partial charge in [-0.3, -0.25) is 20.4 Å². The molecule has 0 aromatic heterocycles. The summed E-state index contributed by atoms with van der Waals surface area (Å²) in [6, 6.07) is 13.7. The van der Waals surface area contributed by atoms with Gasteiger partial charge in [0, 0.05) is 5.56 Å². The fourth-order valence-electron chi connectivity index (χ4n) is 2.29. The number of hydrazine groups is 1. The summed E-state index contributed by atoms with van der Waals surface area (Å²) in [6.07, 6.45) is -0.837. The first-order valence-corrected chi connectivity index (χ1v) is 7.89. The van der Waals surface area contributed by atoms with Crippen LogP contribution in [0.2, 0.25) is 0 Å². The average Bonchev–Trinajstić information content (AvgIpc) is 2.66. The van der Waals surface area contributed by atoms with E-state index in [0.717, 1.165) is 0 Å². The van der Waals surface area contributed by atoms with Crippen molar-refractivity contribution < 1.29 is 23.8 Å². The van der Waals surface area contributed by atoms with Crippen LogP contribution in [0.25, 0.3) is 0 Å². The zero-order valence-corrected chi connectivity index (χ0v) is 13.7. The van der Waals surface area contributed by atoms with Crippen LogP contribution in [-0.2, 0) is 4.79 Å². The summed E-state index contributed by atoms with van der Waals surface area (Å²) in [7, 11) is 0. The Bertz CT molecular complexity index is 760. The number of hydrogen-bond donors (Lipinski definition) is 2. The Morgan fingerprint density at radius 1 is 1.08 bits per heavy atom. The van der Waals surface area contributed by atoms with Gasteiger partial charge < -0.3 is 14.2 Å². The molecule has 1 heterocycles. The van der Waals surface area contributed by atoms with E-state index in [9.17, 15) is 9.59 Å². The molecule has 2 aromatic carbocycles. The lowest BCUT2D eigenvalue weighted by atomic mass is 10.2. The second-order valence-electron chi connectivity index (χ2n) is 5.26. The number of para-hydroxylation sites is 2. The van der Waals surface area contributed by atoms with Crippen LogP contribution >= 0.6 is 0 Å². The van der Waals surface area contributed by atoms with Crippen molar-refractivity contribution in [3.05, 3.63) is 54.1 Å². The van der Waals surface area contributed by atoms with Crippen LogP contribution in [0, 0.1) is 0 Å². The fourth-order valence-corrected chi connectivity index (χ4v) is 2.29. The highest BCUT2D eigenvalue weighted by molar-refractivity contribution is 5.95. The largest absolute Gasteiger partial charge is 0.494 e. The summed E-state index contributed by atoms with van der Waals surface area (Å²) in [5.74, 6) is 0.827. The summed E-state index contributed by atoms with van der Waals surface area (Å²) >= 11 is 0. The lowest BCUT2D eigenvalue weighted by Crippen LogP contribution is -2.50. The van der Waals surface area contributed by atoms with Crippen molar-refractivity contribution >= 4 is 11.8 Å². The van der Waals surface area contributed by atoms with Gasteiger partial charge in [0.25, 0.3) is 11.8 Å². The first-order chi connectivity index (χ1) is 12.2. The molecule has 7 heteroatoms. The minimum Gasteiger partial charge on any atom is -0.494 e. The number of benzene rings is 2. The van der Waals surface area contributed by atoms with Crippen LogP contribution in [0.4, 0.5) is 0 Å². The number of nitrogens with one attached hydrogen (secondary N) is 2. The molecule has 0 radical (unpaired) electrons. The van der Waals surface area contributed by atoms with Gasteiger partial charge in [0.15, 0.2) is 11.5 Å². The van der Waals surface area contributed by atoms with Crippen molar-refractivity contribution in [2.75, 3.05) is 13.2 Å². The number of fused-ring (bicyclic) bond motifs is 1. The molecule has 0 spiro atoms. The lowest BCUT2D eigenvalue weighted by molar-refractivity contribution is -0.131. The van der Waals surface area contributed by atoms with Gasteiger partial charge in [0.05, 0.1) is 6.61 Å². The van der Waals surface area contributed by atoms with Crippen LogP contribution in [0.15, 0.2) is 48.5 Å². The van der Waals surface area contributed by atoms with Gasteiger partial charge in [-0.05, 0) is 43.3 Å². The highest BCUT2D eigenvalue weighted by Crippen LogP contribution is 2.30. The Morgan fingerprint density at radius 2 is 1.80 bits per heavy atom. The maximum atomic E-state index is 12.1. The molecule has 0 aliphatic carbocycles. The van der Waals surface area contributed by atoms with Crippen molar-refractivity contribution in [1.29, 1.82) is 0 Å². The van der Waals surface area contributed by atoms with Crippen LogP contribution in [-0.4, -0.2) is 31.1 Å². The molecule has 2 N–H and O–H groups in total. The van der Waals surface area contributed by atoms with E-state index in [1.54, 1.807) is 42.5 Å². The number of carbonyl (C=O) groups excluding carboxylic acids is 2. The summed E-state index contributed by atoms with van der Waals surface area (Å²) in [5, 5.41) is 0. The van der Waals surface area contributed by atoms with E-state index in [2.05, 4.69) is 10.9 Å². The lowest BCUT2D eigenvalue weighted by Gasteiger charge is -2.25. The van der Waals surface area contributed by atoms with Crippen LogP contribution < -0.4 is 25.1 Å². The zero-order chi connectivity index (χ0) is 17.6. The van der Waals surface area contributed by atoms with Crippen molar-refractivity contribution in [2.45, 2.75) is 13.0 Å². The fraction of sp³-hybridized carbons (Fsp3) is 0.222. The van der Waals surface area contributed by atoms with Crippen molar-refractivity contribution in [2.24, 2.45) is 0 Å². The topological polar surface area (TPSA) is 85.9 Å². The molecular formula is C18H18N2O5. The molecule has 25 heavy (non-hydrogen) atoms. The zero-order valence-electron chi connectivity index (χ0n) is 13.7. The first kappa shape index (κ1) is 16.6. The molecule has 0 saturated carbocycles. The monoisotopic (exact) mass is 342 g/mol. The molecule has 130 valence electrons. The molecule has 1 aliphatic rings. The highest BCUT2D eigenvalue weighted by Gasteiger charge is 2.27. The molecule has 1 aliphatic heterocycles. The summed E-state index contributed by atoms with van der Waals surface area (Å²) < 4.78 is 16.4. The van der Waals surface area contributed by atoms with E-state index in [1.807, 2.05) is 13.0 Å². The summed E-state index contributed by atoms with van der Waals surface area (Å²) in [5.41, 5.74) is 5.10. The molecule has 7 nitrogen and oxygen atoms in total. The molecule has 0 fully saturated rings.